The van der Waals surface area contributed by atoms with Gasteiger partial charge in [-0.3, -0.25) is 4.98 Å². The number of aromatic amines is 1. The van der Waals surface area contributed by atoms with Crippen molar-refractivity contribution >= 4 is 6.08 Å². The fourth-order valence-electron chi connectivity index (χ4n) is 2.86. The van der Waals surface area contributed by atoms with Gasteiger partial charge in [-0.2, -0.15) is 5.10 Å². The van der Waals surface area contributed by atoms with Crippen LogP contribution in [0.15, 0.2) is 11.0 Å². The molecular formula is C14H24N4O. The lowest BCUT2D eigenvalue weighted by Gasteiger charge is -2.07. The highest BCUT2D eigenvalue weighted by atomic mass is 16.1. The van der Waals surface area contributed by atoms with Crippen LogP contribution in [-0.2, 0) is 6.54 Å². The summed E-state index contributed by atoms with van der Waals surface area (Å²) in [5.41, 5.74) is 5.12. The van der Waals surface area contributed by atoms with Crippen molar-refractivity contribution < 1.29 is 0 Å². The Morgan fingerprint density at radius 3 is 2.84 bits per heavy atom. The molecule has 0 radical (unpaired) electrons. The van der Waals surface area contributed by atoms with E-state index in [1.54, 1.807) is 6.08 Å². The average Bonchev–Trinajstić information content (AvgIpc) is 3.00. The fourth-order valence-corrected chi connectivity index (χ4v) is 2.86. The molecule has 5 heteroatoms. The lowest BCUT2D eigenvalue weighted by molar-refractivity contribution is 0.451. The Kier molecular flexibility index (Phi) is 5.24. The van der Waals surface area contributed by atoms with E-state index in [9.17, 15) is 4.79 Å². The standard InChI is InChI=1S/C14H24N4O/c15-10-9-13-16-14(19)18(17-13)11-5-1-2-6-12-7-3-4-8-12/h9-10,12H,1-8,11,15H2,(H,16,17,19). The predicted octanol–water partition coefficient (Wildman–Crippen LogP) is 2.25. The van der Waals surface area contributed by atoms with Gasteiger partial charge >= 0.3 is 5.69 Å². The predicted molar refractivity (Wildman–Crippen MR) is 76.5 cm³/mol. The first-order chi connectivity index (χ1) is 9.29. The minimum atomic E-state index is -0.149. The third kappa shape index (κ3) is 4.26. The minimum absolute atomic E-state index is 0.149. The Balaban J connectivity index is 1.66. The van der Waals surface area contributed by atoms with Crippen molar-refractivity contribution in [2.24, 2.45) is 11.7 Å². The molecule has 0 unspecified atom stereocenters. The van der Waals surface area contributed by atoms with Crippen molar-refractivity contribution in [2.75, 3.05) is 0 Å². The number of hydrogen-bond acceptors (Lipinski definition) is 3. The van der Waals surface area contributed by atoms with Gasteiger partial charge in [-0.15, -0.1) is 0 Å². The normalized spacial score (nSPS) is 16.6. The van der Waals surface area contributed by atoms with E-state index in [4.69, 9.17) is 5.73 Å². The first-order valence-electron chi connectivity index (χ1n) is 7.35. The van der Waals surface area contributed by atoms with E-state index >= 15 is 0 Å². The van der Waals surface area contributed by atoms with Crippen molar-refractivity contribution in [2.45, 2.75) is 57.9 Å². The van der Waals surface area contributed by atoms with Crippen LogP contribution in [-0.4, -0.2) is 14.8 Å². The molecule has 3 N–H and O–H groups in total. The van der Waals surface area contributed by atoms with E-state index in [1.807, 2.05) is 0 Å². The van der Waals surface area contributed by atoms with Crippen LogP contribution in [0.2, 0.25) is 0 Å². The zero-order valence-electron chi connectivity index (χ0n) is 11.5. The molecule has 2 rings (SSSR count). The largest absolute Gasteiger partial charge is 0.404 e. The molecule has 1 aliphatic rings. The summed E-state index contributed by atoms with van der Waals surface area (Å²) in [6, 6.07) is 0. The van der Waals surface area contributed by atoms with E-state index in [-0.39, 0.29) is 5.69 Å². The number of unbranched alkanes of at least 4 members (excludes halogenated alkanes) is 2. The Morgan fingerprint density at radius 2 is 2.11 bits per heavy atom. The van der Waals surface area contributed by atoms with Crippen LogP contribution < -0.4 is 11.4 Å². The van der Waals surface area contributed by atoms with Crippen molar-refractivity contribution in [3.05, 3.63) is 22.5 Å². The van der Waals surface area contributed by atoms with Crippen LogP contribution >= 0.6 is 0 Å². The summed E-state index contributed by atoms with van der Waals surface area (Å²) in [7, 11) is 0. The molecule has 0 aliphatic heterocycles. The number of nitrogens with one attached hydrogen (secondary N) is 1. The molecule has 0 bridgehead atoms. The van der Waals surface area contributed by atoms with Crippen LogP contribution in [0.3, 0.4) is 0 Å². The van der Waals surface area contributed by atoms with Gasteiger partial charge in [0.1, 0.15) is 0 Å². The van der Waals surface area contributed by atoms with E-state index in [1.165, 1.54) is 55.8 Å². The molecule has 1 aliphatic carbocycles. The van der Waals surface area contributed by atoms with Crippen LogP contribution in [0, 0.1) is 5.92 Å². The first kappa shape index (κ1) is 13.9. The van der Waals surface area contributed by atoms with Crippen molar-refractivity contribution in [1.82, 2.24) is 14.8 Å². The third-order valence-corrected chi connectivity index (χ3v) is 3.91. The quantitative estimate of drug-likeness (QED) is 0.741. The Bertz CT molecular complexity index is 454. The van der Waals surface area contributed by atoms with Gasteiger partial charge in [-0.05, 0) is 24.6 Å². The van der Waals surface area contributed by atoms with Gasteiger partial charge in [0.05, 0.1) is 0 Å². The lowest BCUT2D eigenvalue weighted by atomic mass is 10.00. The molecule has 1 fully saturated rings. The van der Waals surface area contributed by atoms with Crippen molar-refractivity contribution in [3.63, 3.8) is 0 Å². The van der Waals surface area contributed by atoms with Crippen molar-refractivity contribution in [3.8, 4) is 0 Å². The van der Waals surface area contributed by atoms with Gasteiger partial charge in [0, 0.05) is 6.54 Å². The number of rotatable bonds is 7. The third-order valence-electron chi connectivity index (χ3n) is 3.91. The van der Waals surface area contributed by atoms with E-state index in [2.05, 4.69) is 10.1 Å². The number of hydrogen-bond donors (Lipinski definition) is 2. The zero-order valence-corrected chi connectivity index (χ0v) is 11.5. The van der Waals surface area contributed by atoms with Crippen LogP contribution in [0.5, 0.6) is 0 Å². The molecule has 1 aromatic rings. The molecule has 0 atom stereocenters. The molecule has 5 nitrogen and oxygen atoms in total. The summed E-state index contributed by atoms with van der Waals surface area (Å²) in [6.45, 7) is 0.693. The molecule has 1 aromatic heterocycles. The lowest BCUT2D eigenvalue weighted by Crippen LogP contribution is -2.18. The number of aryl methyl sites for hydroxylation is 1. The molecular weight excluding hydrogens is 240 g/mol. The highest BCUT2D eigenvalue weighted by Crippen LogP contribution is 2.29. The summed E-state index contributed by atoms with van der Waals surface area (Å²) in [5.74, 6) is 1.49. The molecule has 0 spiro atoms. The highest BCUT2D eigenvalue weighted by Gasteiger charge is 2.13. The van der Waals surface area contributed by atoms with Crippen LogP contribution in [0.25, 0.3) is 6.08 Å². The van der Waals surface area contributed by atoms with Gasteiger partial charge in [0.2, 0.25) is 0 Å². The second-order valence-corrected chi connectivity index (χ2v) is 5.40. The number of H-pyrrole nitrogens is 1. The van der Waals surface area contributed by atoms with Crippen LogP contribution in [0.4, 0.5) is 0 Å². The van der Waals surface area contributed by atoms with E-state index in [0.717, 1.165) is 12.3 Å². The SMILES string of the molecule is NC=Cc1nn(CCCCCC2CCCC2)c(=O)[nH]1. The zero-order chi connectivity index (χ0) is 13.5. The van der Waals surface area contributed by atoms with Gasteiger partial charge in [0.15, 0.2) is 5.82 Å². The van der Waals surface area contributed by atoms with Gasteiger partial charge in [0.25, 0.3) is 0 Å². The maximum Gasteiger partial charge on any atom is 0.343 e. The second-order valence-electron chi connectivity index (χ2n) is 5.40. The smallest absolute Gasteiger partial charge is 0.343 e. The Labute approximate surface area is 113 Å². The number of aromatic nitrogens is 3. The monoisotopic (exact) mass is 264 g/mol. The summed E-state index contributed by atoms with van der Waals surface area (Å²) in [5, 5.41) is 4.16. The van der Waals surface area contributed by atoms with Gasteiger partial charge in [-0.1, -0.05) is 44.9 Å². The molecule has 106 valence electrons. The van der Waals surface area contributed by atoms with Crippen molar-refractivity contribution in [1.29, 1.82) is 0 Å². The fraction of sp³-hybridized carbons (Fsp3) is 0.714. The second kappa shape index (κ2) is 7.16. The minimum Gasteiger partial charge on any atom is -0.404 e. The summed E-state index contributed by atoms with van der Waals surface area (Å²) < 4.78 is 1.49. The molecule has 0 aromatic carbocycles. The molecule has 0 saturated heterocycles. The molecule has 1 heterocycles. The Hall–Kier alpha value is -1.52. The number of nitrogens with zero attached hydrogens (tertiary/aromatic N) is 2. The van der Waals surface area contributed by atoms with E-state index in [0.29, 0.717) is 12.4 Å². The molecule has 0 amide bonds. The summed E-state index contributed by atoms with van der Waals surface area (Å²) in [6.07, 6.45) is 13.5. The van der Waals surface area contributed by atoms with Crippen LogP contribution in [0.1, 0.15) is 57.2 Å². The first-order valence-corrected chi connectivity index (χ1v) is 7.35. The van der Waals surface area contributed by atoms with Gasteiger partial charge in [-0.25, -0.2) is 9.48 Å². The Morgan fingerprint density at radius 1 is 1.32 bits per heavy atom. The maximum absolute atomic E-state index is 11.6. The summed E-state index contributed by atoms with van der Waals surface area (Å²) >= 11 is 0. The molecule has 19 heavy (non-hydrogen) atoms. The van der Waals surface area contributed by atoms with Gasteiger partial charge < -0.3 is 5.73 Å². The summed E-state index contributed by atoms with van der Waals surface area (Å²) in [4.78, 5) is 14.2. The topological polar surface area (TPSA) is 76.7 Å². The average molecular weight is 264 g/mol. The van der Waals surface area contributed by atoms with E-state index < -0.39 is 0 Å². The number of nitrogens with two attached hydrogens (primary N) is 1. The molecule has 1 saturated carbocycles. The highest BCUT2D eigenvalue weighted by molar-refractivity contribution is 5.37. The maximum atomic E-state index is 11.6.